The van der Waals surface area contributed by atoms with Gasteiger partial charge in [0, 0.05) is 22.5 Å². The number of carbonyl (C=O) groups excluding carboxylic acids is 1. The largest absolute Gasteiger partial charge is 0.493 e. The van der Waals surface area contributed by atoms with E-state index in [1.165, 1.54) is 0 Å². The van der Waals surface area contributed by atoms with Crippen molar-refractivity contribution in [3.05, 3.63) is 65.4 Å². The van der Waals surface area contributed by atoms with Crippen LogP contribution < -0.4 is 0 Å². The summed E-state index contributed by atoms with van der Waals surface area (Å²) in [5.41, 5.74) is 4.11. The smallest absolute Gasteiger partial charge is 0.296 e. The molecule has 0 aliphatic carbocycles. The second-order valence-electron chi connectivity index (χ2n) is 7.49. The molecule has 0 atom stereocenters. The van der Waals surface area contributed by atoms with Gasteiger partial charge < -0.3 is 9.67 Å². The van der Waals surface area contributed by atoms with Crippen LogP contribution in [0.3, 0.4) is 0 Å². The molecule has 0 spiro atoms. The Hall–Kier alpha value is -3.54. The summed E-state index contributed by atoms with van der Waals surface area (Å²) >= 11 is 0. The van der Waals surface area contributed by atoms with Crippen molar-refractivity contribution < 1.29 is 9.90 Å². The van der Waals surface area contributed by atoms with Crippen molar-refractivity contribution in [1.29, 1.82) is 0 Å². The van der Waals surface area contributed by atoms with Gasteiger partial charge in [-0.25, -0.2) is 0 Å². The Balaban J connectivity index is 1.82. The van der Waals surface area contributed by atoms with Crippen LogP contribution in [0.4, 0.5) is 5.69 Å². The first-order valence-electron chi connectivity index (χ1n) is 9.53. The fraction of sp³-hybridized carbons (Fsp3) is 0.217. The van der Waals surface area contributed by atoms with Crippen LogP contribution in [-0.2, 0) is 0 Å². The van der Waals surface area contributed by atoms with Crippen molar-refractivity contribution in [3.8, 4) is 5.88 Å². The van der Waals surface area contributed by atoms with E-state index in [4.69, 9.17) is 0 Å². The van der Waals surface area contributed by atoms with Gasteiger partial charge in [0.15, 0.2) is 5.69 Å². The Morgan fingerprint density at radius 3 is 2.59 bits per heavy atom. The van der Waals surface area contributed by atoms with E-state index in [1.807, 2.05) is 70.2 Å². The molecule has 0 radical (unpaired) electrons. The van der Waals surface area contributed by atoms with Crippen LogP contribution in [0.2, 0.25) is 0 Å². The van der Waals surface area contributed by atoms with Crippen LogP contribution >= 0.6 is 0 Å². The molecular weight excluding hydrogens is 364 g/mol. The topological polar surface area (TPSA) is 79.8 Å². The highest BCUT2D eigenvalue weighted by Gasteiger charge is 2.19. The molecule has 6 nitrogen and oxygen atoms in total. The van der Waals surface area contributed by atoms with Gasteiger partial charge in [-0.15, -0.1) is 10.2 Å². The first-order valence-corrected chi connectivity index (χ1v) is 9.53. The number of fused-ring (bicyclic) bond motifs is 2. The van der Waals surface area contributed by atoms with Crippen LogP contribution in [0.5, 0.6) is 5.88 Å². The zero-order chi connectivity index (χ0) is 20.7. The van der Waals surface area contributed by atoms with E-state index in [-0.39, 0.29) is 11.9 Å². The molecule has 0 saturated carbocycles. The summed E-state index contributed by atoms with van der Waals surface area (Å²) in [6, 6.07) is 15.1. The molecule has 2 aromatic carbocycles. The molecule has 0 saturated heterocycles. The van der Waals surface area contributed by atoms with Crippen LogP contribution in [0.25, 0.3) is 21.8 Å². The van der Waals surface area contributed by atoms with E-state index in [0.29, 0.717) is 11.3 Å². The maximum absolute atomic E-state index is 12.9. The van der Waals surface area contributed by atoms with Gasteiger partial charge in [0.25, 0.3) is 5.91 Å². The number of nitrogens with zero attached hydrogens (tertiary/aromatic N) is 4. The van der Waals surface area contributed by atoms with E-state index in [9.17, 15) is 9.90 Å². The molecule has 29 heavy (non-hydrogen) atoms. The zero-order valence-corrected chi connectivity index (χ0v) is 16.8. The van der Waals surface area contributed by atoms with Crippen molar-refractivity contribution >= 4 is 33.4 Å². The van der Waals surface area contributed by atoms with Crippen LogP contribution in [-0.4, -0.2) is 20.6 Å². The number of azo groups is 1. The number of hydrogen-bond acceptors (Lipinski definition) is 4. The van der Waals surface area contributed by atoms with Gasteiger partial charge in [-0.05, 0) is 52.0 Å². The number of aryl methyl sites for hydroxylation is 2. The average molecular weight is 386 g/mol. The molecule has 2 heterocycles. The van der Waals surface area contributed by atoms with Crippen LogP contribution in [0, 0.1) is 13.8 Å². The predicted molar refractivity (Wildman–Crippen MR) is 114 cm³/mol. The minimum atomic E-state index is -0.466. The second kappa shape index (κ2) is 7.13. The first-order chi connectivity index (χ1) is 13.9. The minimum absolute atomic E-state index is 0.00404. The molecule has 0 fully saturated rings. The van der Waals surface area contributed by atoms with Gasteiger partial charge in [0.05, 0.1) is 16.6 Å². The number of para-hydroxylation sites is 1. The number of aromatic nitrogens is 2. The Labute approximate surface area is 168 Å². The lowest BCUT2D eigenvalue weighted by Crippen LogP contribution is -1.99. The predicted octanol–water partition coefficient (Wildman–Crippen LogP) is 6.02. The maximum atomic E-state index is 12.9. The summed E-state index contributed by atoms with van der Waals surface area (Å²) in [4.78, 5) is 17.4. The fourth-order valence-electron chi connectivity index (χ4n) is 3.65. The molecule has 0 bridgehead atoms. The number of pyridine rings is 1. The Morgan fingerprint density at radius 2 is 1.83 bits per heavy atom. The molecule has 1 amide bonds. The molecule has 0 unspecified atom stereocenters. The molecule has 0 aliphatic rings. The summed E-state index contributed by atoms with van der Waals surface area (Å²) in [6.07, 6.45) is 0. The third-order valence-electron chi connectivity index (χ3n) is 4.94. The molecule has 0 aliphatic heterocycles. The first kappa shape index (κ1) is 18.8. The van der Waals surface area contributed by atoms with Gasteiger partial charge in [-0.1, -0.05) is 29.8 Å². The number of aromatic hydroxyl groups is 1. The molecule has 1 N–H and O–H groups in total. The van der Waals surface area contributed by atoms with Crippen molar-refractivity contribution in [2.45, 2.75) is 33.7 Å². The van der Waals surface area contributed by atoms with Gasteiger partial charge in [-0.3, -0.25) is 9.78 Å². The Bertz CT molecular complexity index is 1290. The van der Waals surface area contributed by atoms with Crippen molar-refractivity contribution in [2.75, 3.05) is 0 Å². The van der Waals surface area contributed by atoms with E-state index in [2.05, 4.69) is 15.2 Å². The molecule has 2 aromatic heterocycles. The van der Waals surface area contributed by atoms with E-state index in [0.717, 1.165) is 33.1 Å². The summed E-state index contributed by atoms with van der Waals surface area (Å²) in [5.74, 6) is -0.462. The number of carbonyl (C=O) groups is 1. The number of amides is 1. The average Bonchev–Trinajstić information content (AvgIpc) is 2.97. The lowest BCUT2D eigenvalue weighted by Gasteiger charge is -2.10. The Kier molecular flexibility index (Phi) is 4.62. The van der Waals surface area contributed by atoms with Crippen molar-refractivity contribution in [2.24, 2.45) is 10.2 Å². The number of hydrogen-bond donors (Lipinski definition) is 1. The number of rotatable bonds is 3. The highest BCUT2D eigenvalue weighted by molar-refractivity contribution is 6.07. The summed E-state index contributed by atoms with van der Waals surface area (Å²) in [7, 11) is 0. The monoisotopic (exact) mass is 386 g/mol. The third-order valence-corrected chi connectivity index (χ3v) is 4.94. The molecule has 4 aromatic rings. The summed E-state index contributed by atoms with van der Waals surface area (Å²) in [5, 5.41) is 20.3. The lowest BCUT2D eigenvalue weighted by atomic mass is 10.1. The van der Waals surface area contributed by atoms with E-state index in [1.54, 1.807) is 10.6 Å². The normalized spacial score (nSPS) is 11.9. The molecule has 4 rings (SSSR count). The second-order valence-corrected chi connectivity index (χ2v) is 7.49. The van der Waals surface area contributed by atoms with Gasteiger partial charge in [0.2, 0.25) is 5.88 Å². The van der Waals surface area contributed by atoms with E-state index < -0.39 is 5.91 Å². The summed E-state index contributed by atoms with van der Waals surface area (Å²) < 4.78 is 1.78. The van der Waals surface area contributed by atoms with Gasteiger partial charge in [-0.2, -0.15) is 0 Å². The third kappa shape index (κ3) is 3.27. The van der Waals surface area contributed by atoms with Gasteiger partial charge in [0.1, 0.15) is 0 Å². The SMILES string of the molecule is Cc1ccc2nc(C)cc(C(=O)N=Nc3c(O)n(C(C)C)c4ccccc34)c2c1. The lowest BCUT2D eigenvalue weighted by molar-refractivity contribution is 0.0996. The molecular formula is C23H22N4O2. The van der Waals surface area contributed by atoms with Crippen LogP contribution in [0.1, 0.15) is 41.5 Å². The van der Waals surface area contributed by atoms with Crippen molar-refractivity contribution in [3.63, 3.8) is 0 Å². The highest BCUT2D eigenvalue weighted by Crippen LogP contribution is 2.40. The zero-order valence-electron chi connectivity index (χ0n) is 16.8. The quantitative estimate of drug-likeness (QED) is 0.437. The van der Waals surface area contributed by atoms with Crippen molar-refractivity contribution in [1.82, 2.24) is 9.55 Å². The fourth-order valence-corrected chi connectivity index (χ4v) is 3.65. The van der Waals surface area contributed by atoms with Gasteiger partial charge >= 0.3 is 0 Å². The summed E-state index contributed by atoms with van der Waals surface area (Å²) in [6.45, 7) is 7.77. The highest BCUT2D eigenvalue weighted by atomic mass is 16.3. The molecule has 146 valence electrons. The van der Waals surface area contributed by atoms with E-state index >= 15 is 0 Å². The maximum Gasteiger partial charge on any atom is 0.296 e. The minimum Gasteiger partial charge on any atom is -0.493 e. The number of benzene rings is 2. The molecule has 6 heteroatoms. The standard InChI is InChI=1S/C23H22N4O2/c1-13(2)27-20-8-6-5-7-16(20)21(23(27)29)25-26-22(28)18-12-15(4)24-19-10-9-14(3)11-17(18)19/h5-13,29H,1-4H3. The Morgan fingerprint density at radius 1 is 1.07 bits per heavy atom. The van der Waals surface area contributed by atoms with Crippen LogP contribution in [0.15, 0.2) is 58.8 Å².